The second-order valence-corrected chi connectivity index (χ2v) is 11.8. The molecule has 2 unspecified atom stereocenters. The Morgan fingerprint density at radius 2 is 1.74 bits per heavy atom. The summed E-state index contributed by atoms with van der Waals surface area (Å²) in [5.41, 5.74) is 2.86. The van der Waals surface area contributed by atoms with Gasteiger partial charge in [-0.25, -0.2) is 13.2 Å². The predicted molar refractivity (Wildman–Crippen MR) is 166 cm³/mol. The number of benzene rings is 3. The van der Waals surface area contributed by atoms with Crippen LogP contribution in [0.1, 0.15) is 42.4 Å². The van der Waals surface area contributed by atoms with E-state index in [4.69, 9.17) is 19.4 Å². The molecule has 2 heterocycles. The summed E-state index contributed by atoms with van der Waals surface area (Å²) in [6.07, 6.45) is 5.57. The molecule has 1 amide bonds. The van der Waals surface area contributed by atoms with E-state index in [-0.39, 0.29) is 49.0 Å². The fourth-order valence-electron chi connectivity index (χ4n) is 6.13. The molecule has 3 aromatic rings. The molecule has 8 nitrogen and oxygen atoms in total. The van der Waals surface area contributed by atoms with E-state index in [9.17, 15) is 22.4 Å². The lowest BCUT2D eigenvalue weighted by molar-refractivity contribution is -0.129. The first-order valence-corrected chi connectivity index (χ1v) is 15.4. The first-order chi connectivity index (χ1) is 22.7. The molecule has 0 radical (unpaired) electrons. The number of halogens is 4. The van der Waals surface area contributed by atoms with E-state index in [0.717, 1.165) is 36.1 Å². The van der Waals surface area contributed by atoms with Crippen molar-refractivity contribution in [2.75, 3.05) is 26.8 Å². The zero-order valence-corrected chi connectivity index (χ0v) is 25.9. The molecule has 1 saturated heterocycles. The summed E-state index contributed by atoms with van der Waals surface area (Å²) in [5.74, 6) is -3.97. The van der Waals surface area contributed by atoms with Crippen LogP contribution in [0.3, 0.4) is 0 Å². The zero-order chi connectivity index (χ0) is 33.6. The number of carbonyl (C=O) groups is 2. The van der Waals surface area contributed by atoms with E-state index in [2.05, 4.69) is 22.8 Å². The monoisotopic (exact) mass is 655 g/mol. The van der Waals surface area contributed by atoms with Gasteiger partial charge in [0.15, 0.2) is 17.4 Å². The van der Waals surface area contributed by atoms with Crippen LogP contribution in [-0.2, 0) is 28.1 Å². The highest BCUT2D eigenvalue weighted by Gasteiger charge is 2.44. The van der Waals surface area contributed by atoms with Crippen molar-refractivity contribution >= 4 is 12.4 Å². The first kappa shape index (κ1) is 33.9. The van der Waals surface area contributed by atoms with E-state index < -0.39 is 23.2 Å². The smallest absolute Gasteiger partial charge is 0.290 e. The van der Waals surface area contributed by atoms with Crippen LogP contribution in [-0.4, -0.2) is 61.3 Å². The maximum absolute atomic E-state index is 14.6. The number of carbonyl (C=O) groups excluding carboxylic acids is 1. The minimum Gasteiger partial charge on any atom is -0.497 e. The summed E-state index contributed by atoms with van der Waals surface area (Å²) in [6, 6.07) is 14.2. The van der Waals surface area contributed by atoms with Gasteiger partial charge >= 0.3 is 0 Å². The van der Waals surface area contributed by atoms with Crippen LogP contribution in [0.2, 0.25) is 0 Å². The van der Waals surface area contributed by atoms with Crippen LogP contribution in [0, 0.1) is 23.3 Å². The van der Waals surface area contributed by atoms with E-state index >= 15 is 0 Å². The van der Waals surface area contributed by atoms with Crippen LogP contribution in [0.25, 0.3) is 0 Å². The number of aryl methyl sites for hydroxylation is 1. The summed E-state index contributed by atoms with van der Waals surface area (Å²) in [7, 11) is 1.54. The maximum atomic E-state index is 14.6. The summed E-state index contributed by atoms with van der Waals surface area (Å²) in [5, 5.41) is 14.1. The SMILES string of the molecule is COc1ccc(F)c(CN(C(=O)C2=CCC3(c4ccc(CCCOc5c(F)ccc(F)c5F)cc4)CNCC2N3)C2CC2)c1.O=CO. The molecule has 6 rings (SSSR count). The Morgan fingerprint density at radius 3 is 2.45 bits per heavy atom. The highest BCUT2D eigenvalue weighted by molar-refractivity contribution is 5.95. The van der Waals surface area contributed by atoms with Crippen molar-refractivity contribution in [1.82, 2.24) is 15.5 Å². The summed E-state index contributed by atoms with van der Waals surface area (Å²) >= 11 is 0. The Balaban J connectivity index is 0.00000139. The molecule has 1 aliphatic carbocycles. The molecule has 250 valence electrons. The van der Waals surface area contributed by atoms with Gasteiger partial charge in [0.05, 0.1) is 25.3 Å². The Labute approximate surface area is 270 Å². The van der Waals surface area contributed by atoms with Crippen molar-refractivity contribution in [3.63, 3.8) is 0 Å². The Morgan fingerprint density at radius 1 is 1.04 bits per heavy atom. The lowest BCUT2D eigenvalue weighted by Gasteiger charge is -2.47. The third-order valence-electron chi connectivity index (χ3n) is 8.73. The van der Waals surface area contributed by atoms with Gasteiger partial charge in [0, 0.05) is 36.8 Å². The molecule has 2 aliphatic heterocycles. The molecule has 2 fully saturated rings. The number of nitrogens with one attached hydrogen (secondary N) is 2. The number of piperazine rings is 1. The quantitative estimate of drug-likeness (QED) is 0.113. The molecule has 3 N–H and O–H groups in total. The molecule has 3 aromatic carbocycles. The van der Waals surface area contributed by atoms with Gasteiger partial charge in [-0.15, -0.1) is 0 Å². The predicted octanol–water partition coefficient (Wildman–Crippen LogP) is 5.24. The third kappa shape index (κ3) is 7.77. The normalized spacial score (nSPS) is 19.9. The molecule has 12 heteroatoms. The number of hydrogen-bond donors (Lipinski definition) is 3. The minimum atomic E-state index is -1.32. The lowest BCUT2D eigenvalue weighted by Crippen LogP contribution is -2.65. The molecule has 47 heavy (non-hydrogen) atoms. The van der Waals surface area contributed by atoms with Gasteiger partial charge in [0.25, 0.3) is 12.4 Å². The molecular formula is C35H37F4N3O5. The number of rotatable bonds is 11. The van der Waals surface area contributed by atoms with Gasteiger partial charge < -0.3 is 24.8 Å². The van der Waals surface area contributed by atoms with E-state index in [1.807, 2.05) is 18.2 Å². The highest BCUT2D eigenvalue weighted by atomic mass is 19.2. The van der Waals surface area contributed by atoms with Crippen LogP contribution in [0.15, 0.2) is 66.2 Å². The van der Waals surface area contributed by atoms with Crippen molar-refractivity contribution < 1.29 is 41.7 Å². The lowest BCUT2D eigenvalue weighted by atomic mass is 9.78. The number of fused-ring (bicyclic) bond motifs is 2. The molecule has 2 atom stereocenters. The van der Waals surface area contributed by atoms with Crippen molar-refractivity contribution in [3.8, 4) is 11.5 Å². The number of methoxy groups -OCH3 is 1. The molecule has 3 aliphatic rings. The second kappa shape index (κ2) is 15.0. The van der Waals surface area contributed by atoms with Gasteiger partial charge in [0.2, 0.25) is 5.82 Å². The second-order valence-electron chi connectivity index (χ2n) is 11.8. The Hall–Kier alpha value is -4.42. The molecule has 2 bridgehead atoms. The van der Waals surface area contributed by atoms with Gasteiger partial charge in [0.1, 0.15) is 11.6 Å². The van der Waals surface area contributed by atoms with Crippen LogP contribution in [0.5, 0.6) is 11.5 Å². The average molecular weight is 656 g/mol. The van der Waals surface area contributed by atoms with Crippen LogP contribution < -0.4 is 20.1 Å². The molecule has 1 saturated carbocycles. The van der Waals surface area contributed by atoms with Crippen LogP contribution >= 0.6 is 0 Å². The highest BCUT2D eigenvalue weighted by Crippen LogP contribution is 2.37. The summed E-state index contributed by atoms with van der Waals surface area (Å²) in [4.78, 5) is 24.0. The fraction of sp³-hybridized carbons (Fsp3) is 0.371. The number of carboxylic acid groups (broad SMARTS) is 1. The van der Waals surface area contributed by atoms with E-state index in [1.54, 1.807) is 17.0 Å². The zero-order valence-electron chi connectivity index (χ0n) is 25.9. The van der Waals surface area contributed by atoms with Crippen molar-refractivity contribution in [2.24, 2.45) is 0 Å². The van der Waals surface area contributed by atoms with Crippen molar-refractivity contribution in [3.05, 3.63) is 106 Å². The topological polar surface area (TPSA) is 100 Å². The summed E-state index contributed by atoms with van der Waals surface area (Å²) < 4.78 is 66.1. The average Bonchev–Trinajstić information content (AvgIpc) is 3.92. The maximum Gasteiger partial charge on any atom is 0.290 e. The Bertz CT molecular complexity index is 1620. The van der Waals surface area contributed by atoms with E-state index in [0.29, 0.717) is 49.2 Å². The minimum absolute atomic E-state index is 0.0417. The fourth-order valence-corrected chi connectivity index (χ4v) is 6.13. The largest absolute Gasteiger partial charge is 0.497 e. The van der Waals surface area contributed by atoms with Gasteiger partial charge in [-0.2, -0.15) is 4.39 Å². The molecule has 0 aromatic heterocycles. The number of amides is 1. The number of ether oxygens (including phenoxy) is 2. The number of nitrogens with zero attached hydrogens (tertiary/aromatic N) is 1. The van der Waals surface area contributed by atoms with Crippen molar-refractivity contribution in [1.29, 1.82) is 0 Å². The van der Waals surface area contributed by atoms with Gasteiger partial charge in [-0.3, -0.25) is 14.9 Å². The third-order valence-corrected chi connectivity index (χ3v) is 8.73. The van der Waals surface area contributed by atoms with Crippen LogP contribution in [0.4, 0.5) is 17.6 Å². The Kier molecular flexibility index (Phi) is 10.8. The number of hydrogen-bond acceptors (Lipinski definition) is 6. The molecular weight excluding hydrogens is 618 g/mol. The standard InChI is InChI=1S/C34H35F4N3O3.CH2O2/c1-43-25-10-11-27(35)22(17-25)19-41(24-8-9-24)33(42)26-14-15-34(20-39-18-30(26)40-34)23-6-4-21(5-7-23)3-2-16-44-32-29(37)13-12-28(36)31(32)38;2-1-3/h4-7,10-14,17,24,30,39-40H,2-3,8-9,15-16,18-20H2,1H3;1H,(H,2,3). The van der Waals surface area contributed by atoms with Crippen molar-refractivity contribution in [2.45, 2.75) is 56.3 Å². The summed E-state index contributed by atoms with van der Waals surface area (Å²) in [6.45, 7) is 1.28. The molecule has 0 spiro atoms. The van der Waals surface area contributed by atoms with Gasteiger partial charge in [-0.1, -0.05) is 30.3 Å². The first-order valence-electron chi connectivity index (χ1n) is 15.4. The van der Waals surface area contributed by atoms with Gasteiger partial charge in [-0.05, 0) is 73.6 Å². The van der Waals surface area contributed by atoms with E-state index in [1.165, 1.54) is 13.2 Å².